The van der Waals surface area contributed by atoms with E-state index in [1.165, 1.54) is 0 Å². The van der Waals surface area contributed by atoms with E-state index in [-0.39, 0.29) is 12.8 Å². The second-order valence-electron chi connectivity index (χ2n) is 5.98. The van der Waals surface area contributed by atoms with E-state index in [1.54, 1.807) is 6.92 Å². The van der Waals surface area contributed by atoms with Gasteiger partial charge < -0.3 is 25.3 Å². The lowest BCUT2D eigenvalue weighted by atomic mass is 9.68. The van der Waals surface area contributed by atoms with Crippen molar-refractivity contribution in [1.82, 2.24) is 4.90 Å². The van der Waals surface area contributed by atoms with E-state index < -0.39 is 23.4 Å². The van der Waals surface area contributed by atoms with Gasteiger partial charge in [-0.1, -0.05) is 13.8 Å². The predicted molar refractivity (Wildman–Crippen MR) is 73.8 cm³/mol. The Labute approximate surface area is 115 Å². The molecular weight excluding hydrogens is 246 g/mol. The average molecular weight is 275 g/mol. The van der Waals surface area contributed by atoms with Crippen molar-refractivity contribution in [2.45, 2.75) is 69.9 Å². The number of aliphatic hydroxyl groups is 4. The Bertz CT molecular complexity index is 281. The monoisotopic (exact) mass is 275 g/mol. The van der Waals surface area contributed by atoms with E-state index in [9.17, 15) is 20.4 Å². The van der Waals surface area contributed by atoms with Gasteiger partial charge in [0, 0.05) is 12.8 Å². The van der Waals surface area contributed by atoms with Crippen LogP contribution in [0.1, 0.15) is 46.5 Å². The lowest BCUT2D eigenvalue weighted by Gasteiger charge is -2.48. The third kappa shape index (κ3) is 3.89. The van der Waals surface area contributed by atoms with E-state index in [0.29, 0.717) is 6.42 Å². The fourth-order valence-electron chi connectivity index (χ4n) is 2.94. The first kappa shape index (κ1) is 16.9. The molecular formula is C14H29NO4. The van der Waals surface area contributed by atoms with Crippen molar-refractivity contribution in [2.75, 3.05) is 19.6 Å². The van der Waals surface area contributed by atoms with Crippen LogP contribution in [0.2, 0.25) is 0 Å². The molecule has 1 saturated carbocycles. The maximum absolute atomic E-state index is 10.6. The summed E-state index contributed by atoms with van der Waals surface area (Å²) in [5, 5.41) is 40.3. The summed E-state index contributed by atoms with van der Waals surface area (Å²) >= 11 is 0. The van der Waals surface area contributed by atoms with Crippen molar-refractivity contribution in [3.63, 3.8) is 0 Å². The summed E-state index contributed by atoms with van der Waals surface area (Å²) in [6.07, 6.45) is -0.691. The molecule has 19 heavy (non-hydrogen) atoms. The molecule has 0 spiro atoms. The van der Waals surface area contributed by atoms with Crippen LogP contribution >= 0.6 is 0 Å². The highest BCUT2D eigenvalue weighted by atomic mass is 16.4. The van der Waals surface area contributed by atoms with Crippen LogP contribution in [0, 0.1) is 0 Å². The molecule has 0 amide bonds. The lowest BCUT2D eigenvalue weighted by Crippen LogP contribution is -2.61. The van der Waals surface area contributed by atoms with E-state index >= 15 is 0 Å². The molecule has 1 aliphatic rings. The van der Waals surface area contributed by atoms with Crippen molar-refractivity contribution < 1.29 is 20.4 Å². The molecule has 114 valence electrons. The Morgan fingerprint density at radius 1 is 1.05 bits per heavy atom. The molecule has 5 heteroatoms. The maximum atomic E-state index is 10.6. The van der Waals surface area contributed by atoms with Crippen LogP contribution in [0.3, 0.4) is 0 Å². The largest absolute Gasteiger partial charge is 0.390 e. The first-order valence-electron chi connectivity index (χ1n) is 7.29. The molecule has 4 N–H and O–H groups in total. The SMILES string of the molecule is CCN(CC)CCCC1(O)CC(O)C(O)CC1(C)O. The third-order valence-electron chi connectivity index (χ3n) is 4.56. The summed E-state index contributed by atoms with van der Waals surface area (Å²) < 4.78 is 0. The molecule has 0 aromatic rings. The topological polar surface area (TPSA) is 84.2 Å². The van der Waals surface area contributed by atoms with E-state index in [2.05, 4.69) is 18.7 Å². The zero-order valence-corrected chi connectivity index (χ0v) is 12.3. The van der Waals surface area contributed by atoms with E-state index in [4.69, 9.17) is 0 Å². The first-order chi connectivity index (χ1) is 8.75. The molecule has 4 atom stereocenters. The molecule has 4 unspecified atom stereocenters. The van der Waals surface area contributed by atoms with Crippen LogP contribution < -0.4 is 0 Å². The summed E-state index contributed by atoms with van der Waals surface area (Å²) in [5.74, 6) is 0. The van der Waals surface area contributed by atoms with Crippen molar-refractivity contribution >= 4 is 0 Å². The lowest BCUT2D eigenvalue weighted by molar-refractivity contribution is -0.217. The highest BCUT2D eigenvalue weighted by molar-refractivity contribution is 5.05. The average Bonchev–Trinajstić information content (AvgIpc) is 2.32. The maximum Gasteiger partial charge on any atom is 0.0957 e. The summed E-state index contributed by atoms with van der Waals surface area (Å²) in [7, 11) is 0. The van der Waals surface area contributed by atoms with Gasteiger partial charge in [-0.05, 0) is 39.4 Å². The number of hydrogen-bond acceptors (Lipinski definition) is 5. The predicted octanol–water partition coefficient (Wildman–Crippen LogP) is 0.106. The van der Waals surface area contributed by atoms with Crippen LogP contribution in [0.15, 0.2) is 0 Å². The molecule has 0 aliphatic heterocycles. The summed E-state index contributed by atoms with van der Waals surface area (Å²) in [6.45, 7) is 8.52. The van der Waals surface area contributed by atoms with Crippen LogP contribution in [0.5, 0.6) is 0 Å². The minimum absolute atomic E-state index is 0.00986. The highest BCUT2D eigenvalue weighted by Gasteiger charge is 2.52. The molecule has 1 aliphatic carbocycles. The molecule has 0 heterocycles. The Balaban J connectivity index is 2.58. The van der Waals surface area contributed by atoms with Gasteiger partial charge in [0.1, 0.15) is 0 Å². The summed E-state index contributed by atoms with van der Waals surface area (Å²) in [4.78, 5) is 2.26. The van der Waals surface area contributed by atoms with Crippen molar-refractivity contribution in [2.24, 2.45) is 0 Å². The molecule has 1 fully saturated rings. The van der Waals surface area contributed by atoms with Gasteiger partial charge in [0.05, 0.1) is 23.4 Å². The molecule has 0 saturated heterocycles. The van der Waals surface area contributed by atoms with Gasteiger partial charge in [-0.25, -0.2) is 0 Å². The van der Waals surface area contributed by atoms with E-state index in [0.717, 1.165) is 26.1 Å². The smallest absolute Gasteiger partial charge is 0.0957 e. The van der Waals surface area contributed by atoms with Gasteiger partial charge in [-0.2, -0.15) is 0 Å². The van der Waals surface area contributed by atoms with Crippen molar-refractivity contribution in [1.29, 1.82) is 0 Å². The summed E-state index contributed by atoms with van der Waals surface area (Å²) in [6, 6.07) is 0. The number of nitrogens with zero attached hydrogens (tertiary/aromatic N) is 1. The fraction of sp³-hybridized carbons (Fsp3) is 1.00. The highest BCUT2D eigenvalue weighted by Crippen LogP contribution is 2.40. The molecule has 0 bridgehead atoms. The molecule has 5 nitrogen and oxygen atoms in total. The van der Waals surface area contributed by atoms with Gasteiger partial charge in [-0.15, -0.1) is 0 Å². The van der Waals surface area contributed by atoms with Gasteiger partial charge in [0.2, 0.25) is 0 Å². The normalized spacial score (nSPS) is 39.8. The van der Waals surface area contributed by atoms with Crippen LogP contribution in [-0.4, -0.2) is 68.4 Å². The zero-order valence-electron chi connectivity index (χ0n) is 12.3. The zero-order chi connectivity index (χ0) is 14.7. The number of aliphatic hydroxyl groups excluding tert-OH is 2. The summed E-state index contributed by atoms with van der Waals surface area (Å²) in [5.41, 5.74) is -2.67. The minimum atomic E-state index is -1.35. The van der Waals surface area contributed by atoms with Gasteiger partial charge >= 0.3 is 0 Å². The molecule has 0 aromatic heterocycles. The number of hydrogen-bond donors (Lipinski definition) is 4. The molecule has 0 radical (unpaired) electrons. The Morgan fingerprint density at radius 3 is 2.11 bits per heavy atom. The third-order valence-corrected chi connectivity index (χ3v) is 4.56. The quantitative estimate of drug-likeness (QED) is 0.553. The van der Waals surface area contributed by atoms with Crippen LogP contribution in [0.4, 0.5) is 0 Å². The minimum Gasteiger partial charge on any atom is -0.390 e. The van der Waals surface area contributed by atoms with Crippen molar-refractivity contribution in [3.05, 3.63) is 0 Å². The second kappa shape index (κ2) is 6.50. The molecule has 1 rings (SSSR count). The Hall–Kier alpha value is -0.200. The van der Waals surface area contributed by atoms with E-state index in [1.807, 2.05) is 0 Å². The number of rotatable bonds is 6. The Kier molecular flexibility index (Phi) is 5.77. The Morgan fingerprint density at radius 2 is 1.58 bits per heavy atom. The van der Waals surface area contributed by atoms with Crippen molar-refractivity contribution in [3.8, 4) is 0 Å². The fourth-order valence-corrected chi connectivity index (χ4v) is 2.94. The van der Waals surface area contributed by atoms with Gasteiger partial charge in [0.25, 0.3) is 0 Å². The molecule has 0 aromatic carbocycles. The first-order valence-corrected chi connectivity index (χ1v) is 7.29. The second-order valence-corrected chi connectivity index (χ2v) is 5.98. The van der Waals surface area contributed by atoms with Crippen LogP contribution in [0.25, 0.3) is 0 Å². The van der Waals surface area contributed by atoms with Crippen LogP contribution in [-0.2, 0) is 0 Å². The standard InChI is InChI=1S/C14H29NO4/c1-4-15(5-2)8-6-7-14(19)10-12(17)11(16)9-13(14,3)18/h11-12,16-19H,4-10H2,1-3H3. The van der Waals surface area contributed by atoms with Gasteiger partial charge in [-0.3, -0.25) is 0 Å². The van der Waals surface area contributed by atoms with Gasteiger partial charge in [0.15, 0.2) is 0 Å².